The van der Waals surface area contributed by atoms with Crippen molar-refractivity contribution >= 4 is 11.6 Å². The van der Waals surface area contributed by atoms with E-state index < -0.39 is 18.3 Å². The maximum Gasteiger partial charge on any atom is 0.273 e. The lowest BCUT2D eigenvalue weighted by molar-refractivity contribution is 0.0264. The topological polar surface area (TPSA) is 42.7 Å². The summed E-state index contributed by atoms with van der Waals surface area (Å²) in [6.07, 6.45) is 1.69. The number of hydrogen-bond acceptors (Lipinski definition) is 3. The van der Waals surface area contributed by atoms with Crippen LogP contribution in [0, 0.1) is 0 Å². The number of halogens is 3. The molecule has 1 heterocycles. The van der Waals surface area contributed by atoms with Crippen LogP contribution in [0.25, 0.3) is 0 Å². The van der Waals surface area contributed by atoms with Crippen molar-refractivity contribution in [2.24, 2.45) is 0 Å². The van der Waals surface area contributed by atoms with Crippen LogP contribution in [0.15, 0.2) is 6.20 Å². The van der Waals surface area contributed by atoms with Gasteiger partial charge >= 0.3 is 0 Å². The summed E-state index contributed by atoms with van der Waals surface area (Å²) in [5, 5.41) is 10.9. The summed E-state index contributed by atoms with van der Waals surface area (Å²) < 4.78 is 25.5. The lowest BCUT2D eigenvalue weighted by atomic mass is 10.2. The van der Waals surface area contributed by atoms with Crippen LogP contribution in [0.1, 0.15) is 25.5 Å². The van der Waals surface area contributed by atoms with Crippen molar-refractivity contribution in [3.8, 4) is 0 Å². The van der Waals surface area contributed by atoms with Crippen molar-refractivity contribution in [2.75, 3.05) is 19.0 Å². The van der Waals surface area contributed by atoms with Crippen LogP contribution in [-0.2, 0) is 6.54 Å². The second-order valence-electron chi connectivity index (χ2n) is 4.19. The molecule has 0 aliphatic carbocycles. The molecule has 0 radical (unpaired) electrons. The lowest BCUT2D eigenvalue weighted by Crippen LogP contribution is -2.36. The highest BCUT2D eigenvalue weighted by Crippen LogP contribution is 2.13. The van der Waals surface area contributed by atoms with Crippen molar-refractivity contribution < 1.29 is 8.78 Å². The first-order valence-electron chi connectivity index (χ1n) is 5.49. The zero-order chi connectivity index (χ0) is 12.9. The van der Waals surface area contributed by atoms with Gasteiger partial charge in [-0.05, 0) is 5.92 Å². The fourth-order valence-electron chi connectivity index (χ4n) is 1.18. The standard InChI is InChI=1S/C10H17ClF2N4/c1-8(2)9-5-15-17(16-9)4-3-14-7-10(12,13)6-11/h5,8,14H,3-4,6-7H2,1-2H3. The van der Waals surface area contributed by atoms with Crippen LogP contribution in [-0.4, -0.2) is 39.9 Å². The van der Waals surface area contributed by atoms with E-state index in [1.54, 1.807) is 6.20 Å². The fraction of sp³-hybridized carbons (Fsp3) is 0.800. The van der Waals surface area contributed by atoms with Gasteiger partial charge in [0.25, 0.3) is 5.92 Å². The molecule has 0 aromatic carbocycles. The molecule has 0 saturated carbocycles. The van der Waals surface area contributed by atoms with Crippen molar-refractivity contribution in [3.63, 3.8) is 0 Å². The van der Waals surface area contributed by atoms with Gasteiger partial charge in [0, 0.05) is 6.54 Å². The summed E-state index contributed by atoms with van der Waals surface area (Å²) in [5.41, 5.74) is 0.899. The van der Waals surface area contributed by atoms with Gasteiger partial charge in [-0.2, -0.15) is 15.0 Å². The van der Waals surface area contributed by atoms with Crippen LogP contribution in [0.3, 0.4) is 0 Å². The molecule has 7 heteroatoms. The summed E-state index contributed by atoms with van der Waals surface area (Å²) in [4.78, 5) is 1.50. The molecule has 1 N–H and O–H groups in total. The van der Waals surface area contributed by atoms with E-state index in [1.807, 2.05) is 13.8 Å². The summed E-state index contributed by atoms with van der Waals surface area (Å²) in [6.45, 7) is 4.47. The van der Waals surface area contributed by atoms with Crippen LogP contribution >= 0.6 is 11.6 Å². The van der Waals surface area contributed by atoms with E-state index in [-0.39, 0.29) is 0 Å². The molecule has 98 valence electrons. The predicted molar refractivity (Wildman–Crippen MR) is 62.6 cm³/mol. The van der Waals surface area contributed by atoms with E-state index in [0.29, 0.717) is 19.0 Å². The molecule has 0 atom stereocenters. The molecule has 0 aliphatic rings. The largest absolute Gasteiger partial charge is 0.309 e. The molecular weight excluding hydrogens is 250 g/mol. The summed E-state index contributed by atoms with van der Waals surface area (Å²) in [6, 6.07) is 0. The number of alkyl halides is 3. The molecular formula is C10H17ClF2N4. The Bertz CT molecular complexity index is 341. The van der Waals surface area contributed by atoms with Gasteiger partial charge in [-0.15, -0.1) is 11.6 Å². The smallest absolute Gasteiger partial charge is 0.273 e. The first kappa shape index (κ1) is 14.3. The summed E-state index contributed by atoms with van der Waals surface area (Å²) >= 11 is 5.11. The van der Waals surface area contributed by atoms with Crippen LogP contribution < -0.4 is 5.32 Å². The van der Waals surface area contributed by atoms with Crippen molar-refractivity contribution in [2.45, 2.75) is 32.2 Å². The Kier molecular flexibility index (Phi) is 5.27. The van der Waals surface area contributed by atoms with E-state index in [1.165, 1.54) is 4.80 Å². The zero-order valence-electron chi connectivity index (χ0n) is 9.96. The Morgan fingerprint density at radius 2 is 2.24 bits per heavy atom. The Hall–Kier alpha value is -0.750. The Morgan fingerprint density at radius 3 is 2.76 bits per heavy atom. The van der Waals surface area contributed by atoms with Gasteiger partial charge in [0.2, 0.25) is 0 Å². The zero-order valence-corrected chi connectivity index (χ0v) is 10.7. The van der Waals surface area contributed by atoms with Crippen LogP contribution in [0.5, 0.6) is 0 Å². The first-order valence-corrected chi connectivity index (χ1v) is 6.02. The molecule has 0 amide bonds. The van der Waals surface area contributed by atoms with E-state index in [2.05, 4.69) is 15.5 Å². The highest BCUT2D eigenvalue weighted by Gasteiger charge is 2.26. The van der Waals surface area contributed by atoms with E-state index in [9.17, 15) is 8.78 Å². The Morgan fingerprint density at radius 1 is 1.53 bits per heavy atom. The van der Waals surface area contributed by atoms with Gasteiger partial charge in [0.1, 0.15) is 0 Å². The monoisotopic (exact) mass is 266 g/mol. The minimum Gasteiger partial charge on any atom is -0.309 e. The molecule has 0 fully saturated rings. The summed E-state index contributed by atoms with van der Waals surface area (Å²) in [7, 11) is 0. The van der Waals surface area contributed by atoms with Crippen molar-refractivity contribution in [1.29, 1.82) is 0 Å². The van der Waals surface area contributed by atoms with Gasteiger partial charge in [0.05, 0.1) is 30.9 Å². The third-order valence-electron chi connectivity index (χ3n) is 2.21. The Balaban J connectivity index is 2.26. The minimum atomic E-state index is -2.86. The molecule has 0 saturated heterocycles. The van der Waals surface area contributed by atoms with Gasteiger partial charge in [0.15, 0.2) is 0 Å². The highest BCUT2D eigenvalue weighted by atomic mass is 35.5. The average Bonchev–Trinajstić information content (AvgIpc) is 2.73. The normalized spacial score (nSPS) is 12.4. The van der Waals surface area contributed by atoms with Gasteiger partial charge in [-0.25, -0.2) is 8.78 Å². The molecule has 0 aliphatic heterocycles. The minimum absolute atomic E-state index is 0.317. The molecule has 0 spiro atoms. The number of nitrogens with one attached hydrogen (secondary N) is 1. The number of rotatable bonds is 7. The van der Waals surface area contributed by atoms with Crippen LogP contribution in [0.2, 0.25) is 0 Å². The van der Waals surface area contributed by atoms with Gasteiger partial charge < -0.3 is 5.32 Å². The van der Waals surface area contributed by atoms with Gasteiger partial charge in [-0.1, -0.05) is 13.8 Å². The van der Waals surface area contributed by atoms with E-state index in [0.717, 1.165) is 5.69 Å². The molecule has 1 aromatic rings. The summed E-state index contributed by atoms with van der Waals surface area (Å²) in [5.74, 6) is -3.21. The second kappa shape index (κ2) is 6.26. The third kappa shape index (κ3) is 4.95. The molecule has 0 bridgehead atoms. The molecule has 17 heavy (non-hydrogen) atoms. The van der Waals surface area contributed by atoms with Crippen molar-refractivity contribution in [3.05, 3.63) is 11.9 Å². The SMILES string of the molecule is CC(C)c1cnn(CCNCC(F)(F)CCl)n1. The molecule has 4 nitrogen and oxygen atoms in total. The lowest BCUT2D eigenvalue weighted by Gasteiger charge is -2.13. The predicted octanol–water partition coefficient (Wildman–Crippen LogP) is 1.87. The number of aromatic nitrogens is 3. The quantitative estimate of drug-likeness (QED) is 0.605. The van der Waals surface area contributed by atoms with E-state index >= 15 is 0 Å². The molecule has 0 unspecified atom stereocenters. The second-order valence-corrected chi connectivity index (χ2v) is 4.45. The number of hydrogen-bond donors (Lipinski definition) is 1. The third-order valence-corrected chi connectivity index (χ3v) is 2.60. The van der Waals surface area contributed by atoms with E-state index in [4.69, 9.17) is 11.6 Å². The first-order chi connectivity index (χ1) is 7.94. The van der Waals surface area contributed by atoms with Gasteiger partial charge in [-0.3, -0.25) is 0 Å². The highest BCUT2D eigenvalue weighted by molar-refractivity contribution is 6.18. The van der Waals surface area contributed by atoms with Crippen molar-refractivity contribution in [1.82, 2.24) is 20.3 Å². The molecule has 1 aromatic heterocycles. The fourth-order valence-corrected chi connectivity index (χ4v) is 1.28. The Labute approximate surface area is 104 Å². The maximum atomic E-state index is 12.8. The van der Waals surface area contributed by atoms with Crippen LogP contribution in [0.4, 0.5) is 8.78 Å². The average molecular weight is 267 g/mol. The molecule has 1 rings (SSSR count). The number of nitrogens with zero attached hydrogens (tertiary/aromatic N) is 3. The maximum absolute atomic E-state index is 12.8.